The van der Waals surface area contributed by atoms with Crippen molar-refractivity contribution in [1.29, 1.82) is 0 Å². The van der Waals surface area contributed by atoms with Crippen molar-refractivity contribution in [3.05, 3.63) is 18.0 Å². The second-order valence-corrected chi connectivity index (χ2v) is 8.06. The predicted octanol–water partition coefficient (Wildman–Crippen LogP) is 0.918. The molecule has 1 aliphatic carbocycles. The van der Waals surface area contributed by atoms with Gasteiger partial charge in [-0.25, -0.2) is 13.1 Å². The minimum absolute atomic E-state index is 0.135. The number of hydrogen-bond acceptors (Lipinski definition) is 4. The first-order chi connectivity index (χ1) is 8.92. The van der Waals surface area contributed by atoms with Gasteiger partial charge in [0, 0.05) is 36.8 Å². The highest BCUT2D eigenvalue weighted by Crippen LogP contribution is 2.46. The Bertz CT molecular complexity index is 547. The lowest BCUT2D eigenvalue weighted by Crippen LogP contribution is -2.31. The van der Waals surface area contributed by atoms with Crippen molar-refractivity contribution >= 4 is 21.8 Å². The first-order valence-corrected chi connectivity index (χ1v) is 8.98. The van der Waals surface area contributed by atoms with Crippen LogP contribution in [0.4, 0.5) is 0 Å². The average Bonchev–Trinajstić information content (AvgIpc) is 3.07. The molecule has 1 saturated carbocycles. The molecule has 0 saturated heterocycles. The summed E-state index contributed by atoms with van der Waals surface area (Å²) in [6, 6.07) is 1.72. The minimum Gasteiger partial charge on any atom is -0.352 e. The molecule has 5 nitrogen and oxygen atoms in total. The van der Waals surface area contributed by atoms with Gasteiger partial charge in [-0.1, -0.05) is 0 Å². The van der Waals surface area contributed by atoms with Gasteiger partial charge in [0.2, 0.25) is 10.0 Å². The number of aromatic nitrogens is 1. The fraction of sp³-hybridized carbons (Fsp3) is 0.667. The van der Waals surface area contributed by atoms with E-state index in [1.165, 1.54) is 0 Å². The summed E-state index contributed by atoms with van der Waals surface area (Å²) in [6.07, 6.45) is 5.88. The van der Waals surface area contributed by atoms with Gasteiger partial charge in [-0.05, 0) is 32.2 Å². The molecule has 1 fully saturated rings. The molecule has 1 heterocycles. The molecule has 0 unspecified atom stereocenters. The number of nitrogens with one attached hydrogen (secondary N) is 2. The van der Waals surface area contributed by atoms with Crippen LogP contribution in [0.25, 0.3) is 0 Å². The van der Waals surface area contributed by atoms with Crippen LogP contribution in [0.5, 0.6) is 0 Å². The van der Waals surface area contributed by atoms with Crippen LogP contribution < -0.4 is 10.0 Å². The summed E-state index contributed by atoms with van der Waals surface area (Å²) in [5, 5.41) is 3.03. The number of thioether (sulfide) groups is 1. The zero-order valence-corrected chi connectivity index (χ0v) is 13.2. The maximum atomic E-state index is 12.2. The highest BCUT2D eigenvalue weighted by molar-refractivity contribution is 8.00. The zero-order chi connectivity index (χ0) is 14.1. The van der Waals surface area contributed by atoms with Gasteiger partial charge in [-0.2, -0.15) is 11.8 Å². The highest BCUT2D eigenvalue weighted by Gasteiger charge is 2.42. The summed E-state index contributed by atoms with van der Waals surface area (Å²) < 4.78 is 29.2. The lowest BCUT2D eigenvalue weighted by atomic mass is 10.4. The molecular formula is C12H21N3O2S2. The highest BCUT2D eigenvalue weighted by atomic mass is 32.2. The second-order valence-electron chi connectivity index (χ2n) is 5.02. The summed E-state index contributed by atoms with van der Waals surface area (Å²) in [4.78, 5) is 0.345. The number of rotatable bonds is 7. The first kappa shape index (κ1) is 14.9. The fourth-order valence-electron chi connectivity index (χ4n) is 1.98. The normalized spacial score (nSPS) is 17.6. The van der Waals surface area contributed by atoms with Gasteiger partial charge in [0.15, 0.2) is 0 Å². The third-order valence-corrected chi connectivity index (χ3v) is 6.36. The third-order valence-electron chi connectivity index (χ3n) is 3.58. The molecule has 0 aromatic carbocycles. The van der Waals surface area contributed by atoms with Crippen LogP contribution in [0.1, 0.15) is 18.5 Å². The zero-order valence-electron chi connectivity index (χ0n) is 11.6. The van der Waals surface area contributed by atoms with Crippen LogP contribution in [-0.2, 0) is 23.6 Å². The third kappa shape index (κ3) is 3.34. The van der Waals surface area contributed by atoms with Crippen molar-refractivity contribution < 1.29 is 8.42 Å². The largest absolute Gasteiger partial charge is 0.352 e. The molecule has 0 amide bonds. The van der Waals surface area contributed by atoms with E-state index in [-0.39, 0.29) is 4.75 Å². The summed E-state index contributed by atoms with van der Waals surface area (Å²) in [5.41, 5.74) is 0.953. The van der Waals surface area contributed by atoms with Crippen LogP contribution >= 0.6 is 11.8 Å². The lowest BCUT2D eigenvalue weighted by molar-refractivity contribution is 0.579. The molecule has 7 heteroatoms. The van der Waals surface area contributed by atoms with Crippen LogP contribution in [0.3, 0.4) is 0 Å². The summed E-state index contributed by atoms with van der Waals surface area (Å²) in [7, 11) is 0.304. The number of sulfonamides is 1. The summed E-state index contributed by atoms with van der Waals surface area (Å²) in [5.74, 6) is 0. The van der Waals surface area contributed by atoms with E-state index in [2.05, 4.69) is 10.0 Å². The summed E-state index contributed by atoms with van der Waals surface area (Å²) in [6.45, 7) is 1.17. The van der Waals surface area contributed by atoms with Gasteiger partial charge in [-0.15, -0.1) is 0 Å². The van der Waals surface area contributed by atoms with Crippen molar-refractivity contribution in [3.8, 4) is 0 Å². The van der Waals surface area contributed by atoms with Gasteiger partial charge < -0.3 is 9.88 Å². The molecule has 0 bridgehead atoms. The lowest BCUT2D eigenvalue weighted by Gasteiger charge is -2.12. The number of hydrogen-bond donors (Lipinski definition) is 2. The molecule has 0 spiro atoms. The second kappa shape index (κ2) is 5.47. The molecule has 0 atom stereocenters. The van der Waals surface area contributed by atoms with E-state index < -0.39 is 10.0 Å². The number of aryl methyl sites for hydroxylation is 1. The maximum Gasteiger partial charge on any atom is 0.242 e. The SMILES string of the molecule is CNCc1cc(S(=O)(=O)NCC2(SC)CC2)cn1C. The molecule has 0 radical (unpaired) electrons. The molecule has 1 aromatic rings. The van der Waals surface area contributed by atoms with Crippen LogP contribution in [0.2, 0.25) is 0 Å². The van der Waals surface area contributed by atoms with Crippen molar-refractivity contribution in [2.45, 2.75) is 29.0 Å². The molecule has 2 rings (SSSR count). The quantitative estimate of drug-likeness (QED) is 0.786. The van der Waals surface area contributed by atoms with Gasteiger partial charge in [0.1, 0.15) is 0 Å². The Kier molecular flexibility index (Phi) is 4.29. The Morgan fingerprint density at radius 2 is 2.16 bits per heavy atom. The van der Waals surface area contributed by atoms with Crippen molar-refractivity contribution in [1.82, 2.24) is 14.6 Å². The van der Waals surface area contributed by atoms with Crippen molar-refractivity contribution in [2.75, 3.05) is 19.8 Å². The van der Waals surface area contributed by atoms with E-state index in [0.717, 1.165) is 18.5 Å². The van der Waals surface area contributed by atoms with E-state index >= 15 is 0 Å². The fourth-order valence-corrected chi connectivity index (χ4v) is 4.02. The Labute approximate surface area is 119 Å². The van der Waals surface area contributed by atoms with E-state index in [9.17, 15) is 8.42 Å². The Hall–Kier alpha value is -0.500. The van der Waals surface area contributed by atoms with Crippen LogP contribution in [0, 0.1) is 0 Å². The van der Waals surface area contributed by atoms with Crippen molar-refractivity contribution in [3.63, 3.8) is 0 Å². The van der Waals surface area contributed by atoms with Gasteiger partial charge in [0.05, 0.1) is 4.90 Å². The topological polar surface area (TPSA) is 63.1 Å². The maximum absolute atomic E-state index is 12.2. The molecule has 19 heavy (non-hydrogen) atoms. The van der Waals surface area contributed by atoms with Gasteiger partial charge >= 0.3 is 0 Å². The van der Waals surface area contributed by atoms with Gasteiger partial charge in [-0.3, -0.25) is 0 Å². The van der Waals surface area contributed by atoms with E-state index in [4.69, 9.17) is 0 Å². The number of nitrogens with zero attached hydrogens (tertiary/aromatic N) is 1. The Morgan fingerprint density at radius 1 is 1.47 bits per heavy atom. The standard InChI is InChI=1S/C12H21N3O2S2/c1-13-7-10-6-11(8-15(10)2)19(16,17)14-9-12(18-3)4-5-12/h6,8,13-14H,4-5,7,9H2,1-3H3. The smallest absolute Gasteiger partial charge is 0.242 e. The van der Waals surface area contributed by atoms with Crippen LogP contribution in [-0.4, -0.2) is 37.6 Å². The van der Waals surface area contributed by atoms with Gasteiger partial charge in [0.25, 0.3) is 0 Å². The van der Waals surface area contributed by atoms with Crippen LogP contribution in [0.15, 0.2) is 17.2 Å². The van der Waals surface area contributed by atoms with E-state index in [1.807, 2.05) is 24.9 Å². The minimum atomic E-state index is -3.40. The molecule has 1 aliphatic rings. The Morgan fingerprint density at radius 3 is 2.68 bits per heavy atom. The van der Waals surface area contributed by atoms with Crippen molar-refractivity contribution in [2.24, 2.45) is 7.05 Å². The molecule has 1 aromatic heterocycles. The summed E-state index contributed by atoms with van der Waals surface area (Å²) >= 11 is 1.75. The monoisotopic (exact) mass is 303 g/mol. The first-order valence-electron chi connectivity index (χ1n) is 6.27. The predicted molar refractivity (Wildman–Crippen MR) is 78.8 cm³/mol. The molecule has 2 N–H and O–H groups in total. The molecular weight excluding hydrogens is 282 g/mol. The average molecular weight is 303 g/mol. The molecule has 0 aliphatic heterocycles. The van der Waals surface area contributed by atoms with E-state index in [0.29, 0.717) is 18.0 Å². The Balaban J connectivity index is 2.08. The van der Waals surface area contributed by atoms with E-state index in [1.54, 1.807) is 24.0 Å². The molecule has 108 valence electrons.